The number of methoxy groups -OCH3 is 1. The Morgan fingerprint density at radius 3 is 2.46 bits per heavy atom. The quantitative estimate of drug-likeness (QED) is 0.806. The van der Waals surface area contributed by atoms with E-state index in [1.165, 1.54) is 4.31 Å². The minimum Gasteiger partial charge on any atom is -0.497 e. The highest BCUT2D eigenvalue weighted by Crippen LogP contribution is 2.24. The van der Waals surface area contributed by atoms with Gasteiger partial charge in [0, 0.05) is 19.6 Å². The van der Waals surface area contributed by atoms with Crippen LogP contribution in [-0.4, -0.2) is 38.8 Å². The molecule has 3 rings (SSSR count). The fourth-order valence-corrected chi connectivity index (χ4v) is 4.83. The number of piperidine rings is 1. The molecular formula is C21H26N2O4S. The van der Waals surface area contributed by atoms with Crippen molar-refractivity contribution in [1.29, 1.82) is 0 Å². The van der Waals surface area contributed by atoms with Crippen LogP contribution < -0.4 is 10.1 Å². The number of nitrogens with one attached hydrogen (secondary N) is 1. The van der Waals surface area contributed by atoms with Gasteiger partial charge in [-0.1, -0.05) is 29.8 Å². The second-order valence-electron chi connectivity index (χ2n) is 7.08. The predicted octanol–water partition coefficient (Wildman–Crippen LogP) is 2.72. The third-order valence-corrected chi connectivity index (χ3v) is 6.92. The van der Waals surface area contributed by atoms with E-state index in [0.717, 1.165) is 16.9 Å². The number of hydrogen-bond acceptors (Lipinski definition) is 4. The topological polar surface area (TPSA) is 75.7 Å². The van der Waals surface area contributed by atoms with Gasteiger partial charge in [-0.3, -0.25) is 4.79 Å². The normalized spacial score (nSPS) is 17.9. The highest BCUT2D eigenvalue weighted by molar-refractivity contribution is 7.89. The monoisotopic (exact) mass is 402 g/mol. The summed E-state index contributed by atoms with van der Waals surface area (Å²) < 4.78 is 32.3. The largest absolute Gasteiger partial charge is 0.497 e. The van der Waals surface area contributed by atoms with Crippen LogP contribution in [0.3, 0.4) is 0 Å². The summed E-state index contributed by atoms with van der Waals surface area (Å²) >= 11 is 0. The smallest absolute Gasteiger partial charge is 0.243 e. The third-order valence-electron chi connectivity index (χ3n) is 5.04. The number of benzene rings is 2. The predicted molar refractivity (Wildman–Crippen MR) is 108 cm³/mol. The molecular weight excluding hydrogens is 376 g/mol. The van der Waals surface area contributed by atoms with Gasteiger partial charge in [0.05, 0.1) is 17.9 Å². The molecule has 150 valence electrons. The molecule has 2 aromatic rings. The molecule has 1 unspecified atom stereocenters. The van der Waals surface area contributed by atoms with Gasteiger partial charge < -0.3 is 10.1 Å². The van der Waals surface area contributed by atoms with Gasteiger partial charge in [0.2, 0.25) is 15.9 Å². The first-order chi connectivity index (χ1) is 13.4. The van der Waals surface area contributed by atoms with E-state index in [-0.39, 0.29) is 23.3 Å². The first-order valence-corrected chi connectivity index (χ1v) is 10.8. The summed E-state index contributed by atoms with van der Waals surface area (Å²) in [5.41, 5.74) is 1.97. The second-order valence-corrected chi connectivity index (χ2v) is 9.02. The lowest BCUT2D eigenvalue weighted by Gasteiger charge is -2.31. The zero-order valence-electron chi connectivity index (χ0n) is 16.2. The molecule has 0 aromatic heterocycles. The van der Waals surface area contributed by atoms with Crippen LogP contribution in [-0.2, 0) is 21.4 Å². The number of hydrogen-bond donors (Lipinski definition) is 1. The van der Waals surface area contributed by atoms with E-state index in [4.69, 9.17) is 4.74 Å². The molecule has 1 atom stereocenters. The number of nitrogens with zero attached hydrogens (tertiary/aromatic N) is 1. The molecule has 1 fully saturated rings. The summed E-state index contributed by atoms with van der Waals surface area (Å²) in [6, 6.07) is 14.3. The van der Waals surface area contributed by atoms with Crippen LogP contribution >= 0.6 is 0 Å². The maximum atomic E-state index is 12.9. The number of carbonyl (C=O) groups is 1. The van der Waals surface area contributed by atoms with Gasteiger partial charge in [-0.15, -0.1) is 0 Å². The minimum absolute atomic E-state index is 0.111. The molecule has 1 aliphatic heterocycles. The summed E-state index contributed by atoms with van der Waals surface area (Å²) in [7, 11) is -1.97. The van der Waals surface area contributed by atoms with Crippen molar-refractivity contribution in [1.82, 2.24) is 9.62 Å². The molecule has 1 saturated heterocycles. The van der Waals surface area contributed by atoms with Crippen LogP contribution in [0, 0.1) is 12.8 Å². The van der Waals surface area contributed by atoms with Crippen LogP contribution in [0.2, 0.25) is 0 Å². The van der Waals surface area contributed by atoms with Crippen molar-refractivity contribution in [2.45, 2.75) is 31.2 Å². The van der Waals surface area contributed by atoms with E-state index in [1.54, 1.807) is 31.4 Å². The second kappa shape index (κ2) is 8.75. The average Bonchev–Trinajstić information content (AvgIpc) is 2.72. The van der Waals surface area contributed by atoms with Gasteiger partial charge in [0.15, 0.2) is 0 Å². The number of rotatable bonds is 6. The molecule has 0 saturated carbocycles. The molecule has 1 N–H and O–H groups in total. The standard InChI is InChI=1S/C21H26N2O4S/c1-16-5-11-20(12-6-16)28(25,26)23-13-3-4-18(15-23)21(24)22-14-17-7-9-19(27-2)10-8-17/h5-12,18H,3-4,13-15H2,1-2H3,(H,22,24). The highest BCUT2D eigenvalue weighted by atomic mass is 32.2. The van der Waals surface area contributed by atoms with Gasteiger partial charge in [-0.25, -0.2) is 8.42 Å². The lowest BCUT2D eigenvalue weighted by Crippen LogP contribution is -2.45. The van der Waals surface area contributed by atoms with Gasteiger partial charge in [0.25, 0.3) is 0 Å². The van der Waals surface area contributed by atoms with E-state index < -0.39 is 10.0 Å². The van der Waals surface area contributed by atoms with E-state index in [0.29, 0.717) is 25.9 Å². The van der Waals surface area contributed by atoms with Crippen LogP contribution in [0.4, 0.5) is 0 Å². The van der Waals surface area contributed by atoms with Crippen molar-refractivity contribution in [3.8, 4) is 5.75 Å². The van der Waals surface area contributed by atoms with Gasteiger partial charge in [-0.2, -0.15) is 4.31 Å². The molecule has 2 aromatic carbocycles. The summed E-state index contributed by atoms with van der Waals surface area (Å²) in [4.78, 5) is 12.9. The SMILES string of the molecule is COc1ccc(CNC(=O)C2CCCN(S(=O)(=O)c3ccc(C)cc3)C2)cc1. The molecule has 0 spiro atoms. The number of carbonyl (C=O) groups excluding carboxylic acids is 1. The molecule has 0 radical (unpaired) electrons. The van der Waals surface area contributed by atoms with Crippen molar-refractivity contribution >= 4 is 15.9 Å². The molecule has 0 aliphatic carbocycles. The molecule has 1 amide bonds. The van der Waals surface area contributed by atoms with Crippen LogP contribution in [0.5, 0.6) is 5.75 Å². The zero-order chi connectivity index (χ0) is 20.1. The number of ether oxygens (including phenoxy) is 1. The van der Waals surface area contributed by atoms with Crippen LogP contribution in [0.15, 0.2) is 53.4 Å². The maximum absolute atomic E-state index is 12.9. The van der Waals surface area contributed by atoms with E-state index in [1.807, 2.05) is 31.2 Å². The lowest BCUT2D eigenvalue weighted by atomic mass is 9.99. The molecule has 6 nitrogen and oxygen atoms in total. The fourth-order valence-electron chi connectivity index (χ4n) is 3.31. The van der Waals surface area contributed by atoms with Crippen molar-refractivity contribution in [2.24, 2.45) is 5.92 Å². The first kappa shape index (κ1) is 20.4. The number of amides is 1. The van der Waals surface area contributed by atoms with Gasteiger partial charge in [-0.05, 0) is 49.6 Å². The first-order valence-electron chi connectivity index (χ1n) is 9.37. The van der Waals surface area contributed by atoms with E-state index >= 15 is 0 Å². The van der Waals surface area contributed by atoms with Crippen molar-refractivity contribution < 1.29 is 17.9 Å². The Hall–Kier alpha value is -2.38. The lowest BCUT2D eigenvalue weighted by molar-refractivity contribution is -0.126. The highest BCUT2D eigenvalue weighted by Gasteiger charge is 2.33. The summed E-state index contributed by atoms with van der Waals surface area (Å²) in [6.45, 7) is 2.98. The molecule has 28 heavy (non-hydrogen) atoms. The van der Waals surface area contributed by atoms with Gasteiger partial charge in [0.1, 0.15) is 5.75 Å². The summed E-state index contributed by atoms with van der Waals surface area (Å²) in [5, 5.41) is 2.92. The summed E-state index contributed by atoms with van der Waals surface area (Å²) in [5.74, 6) is 0.311. The fraction of sp³-hybridized carbons (Fsp3) is 0.381. The van der Waals surface area contributed by atoms with Crippen molar-refractivity contribution in [2.75, 3.05) is 20.2 Å². The average molecular weight is 403 g/mol. The van der Waals surface area contributed by atoms with E-state index in [2.05, 4.69) is 5.32 Å². The Morgan fingerprint density at radius 1 is 1.14 bits per heavy atom. The Bertz CT molecular complexity index is 908. The van der Waals surface area contributed by atoms with E-state index in [9.17, 15) is 13.2 Å². The maximum Gasteiger partial charge on any atom is 0.243 e. The number of sulfonamides is 1. The molecule has 7 heteroatoms. The molecule has 1 aliphatic rings. The Labute approximate surface area is 166 Å². The Balaban J connectivity index is 1.61. The Kier molecular flexibility index (Phi) is 6.36. The molecule has 0 bridgehead atoms. The van der Waals surface area contributed by atoms with Crippen molar-refractivity contribution in [3.05, 3.63) is 59.7 Å². The van der Waals surface area contributed by atoms with Crippen molar-refractivity contribution in [3.63, 3.8) is 0 Å². The third kappa shape index (κ3) is 4.72. The van der Waals surface area contributed by atoms with Crippen LogP contribution in [0.25, 0.3) is 0 Å². The van der Waals surface area contributed by atoms with Gasteiger partial charge >= 0.3 is 0 Å². The number of aryl methyl sites for hydroxylation is 1. The molecule has 1 heterocycles. The van der Waals surface area contributed by atoms with Crippen LogP contribution in [0.1, 0.15) is 24.0 Å². The zero-order valence-corrected chi connectivity index (χ0v) is 17.0. The Morgan fingerprint density at radius 2 is 1.82 bits per heavy atom. The summed E-state index contributed by atoms with van der Waals surface area (Å²) in [6.07, 6.45) is 1.36. The minimum atomic E-state index is -3.58.